The Kier molecular flexibility index (Phi) is 10.4. The second kappa shape index (κ2) is 12.6. The molecule has 2 N–H and O–H groups in total. The highest BCUT2D eigenvalue weighted by Crippen LogP contribution is 2.29. The first-order valence-electron chi connectivity index (χ1n) is 9.03. The molecule has 0 unspecified atom stereocenters. The molecule has 2 aromatic rings. The van der Waals surface area contributed by atoms with Crippen molar-refractivity contribution >= 4 is 29.9 Å². The lowest BCUT2D eigenvalue weighted by atomic mass is 10.2. The zero-order valence-electron chi connectivity index (χ0n) is 16.5. The molecular weight excluding hydrogens is 376 g/mol. The fraction of sp³-hybridized carbons (Fsp3) is 0.273. The van der Waals surface area contributed by atoms with Crippen LogP contribution in [0.3, 0.4) is 0 Å². The maximum atomic E-state index is 10.6. The number of allylic oxidation sites excluding steroid dienone is 1. The molecule has 0 spiro atoms. The van der Waals surface area contributed by atoms with Crippen LogP contribution >= 0.6 is 11.6 Å². The van der Waals surface area contributed by atoms with Crippen LogP contribution in [0, 0.1) is 13.8 Å². The molecule has 1 amide bonds. The number of benzene rings is 2. The van der Waals surface area contributed by atoms with Crippen LogP contribution < -0.4 is 4.90 Å². The van der Waals surface area contributed by atoms with Gasteiger partial charge < -0.3 is 15.1 Å². The number of hydrogen-bond donors (Lipinski definition) is 2. The molecule has 0 aromatic heterocycles. The van der Waals surface area contributed by atoms with Crippen LogP contribution in [0.25, 0.3) is 0 Å². The van der Waals surface area contributed by atoms with Gasteiger partial charge in [0.1, 0.15) is 11.5 Å². The summed E-state index contributed by atoms with van der Waals surface area (Å²) in [6.07, 6.45) is 8.99. The molecule has 0 fully saturated rings. The fourth-order valence-corrected chi connectivity index (χ4v) is 2.50. The Morgan fingerprint density at radius 2 is 1.82 bits per heavy atom. The van der Waals surface area contributed by atoms with Gasteiger partial charge in [0.25, 0.3) is 0 Å². The largest absolute Gasteiger partial charge is 0.508 e. The maximum Gasteiger partial charge on any atom is 0.214 e. The normalized spacial score (nSPS) is 11.6. The lowest BCUT2D eigenvalue weighted by molar-refractivity contribution is -0.107. The third-order valence-electron chi connectivity index (χ3n) is 3.92. The van der Waals surface area contributed by atoms with E-state index in [1.54, 1.807) is 11.8 Å². The molecule has 28 heavy (non-hydrogen) atoms. The van der Waals surface area contributed by atoms with Crippen molar-refractivity contribution in [3.63, 3.8) is 0 Å². The van der Waals surface area contributed by atoms with Gasteiger partial charge in [-0.15, -0.1) is 0 Å². The Hall–Kier alpha value is -2.79. The standard InChI is InChI=1S/C10H13NO.C7H7ClO2.C5H7N/c1-3-11(8-12)10-7-5-4-6-9(10)2;1-4-2-5(8)7(10)3-6(4)9;1-2-4-6-5-3-1/h4-8H,3H2,1-2H3;2-3,9-10H,1H3;2,4-5H,1,3H2. The number of halogens is 1. The van der Waals surface area contributed by atoms with E-state index < -0.39 is 0 Å². The maximum absolute atomic E-state index is 10.6. The Balaban J connectivity index is 0.000000221. The zero-order valence-corrected chi connectivity index (χ0v) is 17.2. The predicted octanol–water partition coefficient (Wildman–Crippen LogP) is 5.40. The number of carbonyl (C=O) groups is 1. The zero-order chi connectivity index (χ0) is 20.9. The average Bonchev–Trinajstić information content (AvgIpc) is 2.71. The van der Waals surface area contributed by atoms with E-state index in [0.717, 1.165) is 24.1 Å². The third-order valence-corrected chi connectivity index (χ3v) is 4.22. The van der Waals surface area contributed by atoms with Crippen LogP contribution in [-0.4, -0.2) is 29.4 Å². The summed E-state index contributed by atoms with van der Waals surface area (Å²) in [5, 5.41) is 18.2. The number of aliphatic imine (C=N–C) groups is 1. The fourth-order valence-electron chi connectivity index (χ4n) is 2.28. The van der Waals surface area contributed by atoms with Gasteiger partial charge in [0, 0.05) is 30.7 Å². The molecule has 150 valence electrons. The number of aromatic hydroxyl groups is 2. The van der Waals surface area contributed by atoms with Crippen LogP contribution in [-0.2, 0) is 4.79 Å². The molecule has 0 radical (unpaired) electrons. The van der Waals surface area contributed by atoms with Crippen LogP contribution in [0.15, 0.2) is 53.7 Å². The second-order valence-electron chi connectivity index (χ2n) is 6.06. The third kappa shape index (κ3) is 7.84. The SMILES string of the molecule is C1=CN=CCC1.CCN(C=O)c1ccccc1C.Cc1cc(Cl)c(O)cc1O. The minimum absolute atomic E-state index is 0.0573. The highest BCUT2D eigenvalue weighted by molar-refractivity contribution is 6.32. The number of nitrogens with zero attached hydrogens (tertiary/aromatic N) is 2. The van der Waals surface area contributed by atoms with Crippen LogP contribution in [0.5, 0.6) is 11.5 Å². The van der Waals surface area contributed by atoms with Gasteiger partial charge in [-0.2, -0.15) is 0 Å². The van der Waals surface area contributed by atoms with Gasteiger partial charge in [-0.05, 0) is 56.9 Å². The van der Waals surface area contributed by atoms with Gasteiger partial charge >= 0.3 is 0 Å². The molecule has 0 atom stereocenters. The summed E-state index contributed by atoms with van der Waals surface area (Å²) in [6.45, 7) is 6.39. The molecule has 0 aliphatic carbocycles. The molecule has 0 saturated heterocycles. The molecule has 1 aliphatic heterocycles. The van der Waals surface area contributed by atoms with Crippen LogP contribution in [0.4, 0.5) is 5.69 Å². The van der Waals surface area contributed by atoms with Gasteiger partial charge in [0.2, 0.25) is 6.41 Å². The summed E-state index contributed by atoms with van der Waals surface area (Å²) < 4.78 is 0. The van der Waals surface area contributed by atoms with Gasteiger partial charge in [0.15, 0.2) is 0 Å². The smallest absolute Gasteiger partial charge is 0.214 e. The molecule has 0 saturated carbocycles. The summed E-state index contributed by atoms with van der Waals surface area (Å²) in [4.78, 5) is 16.2. The number of carbonyl (C=O) groups excluding carboxylic acids is 1. The van der Waals surface area contributed by atoms with E-state index in [2.05, 4.69) is 11.1 Å². The number of amides is 1. The predicted molar refractivity (Wildman–Crippen MR) is 117 cm³/mol. The summed E-state index contributed by atoms with van der Waals surface area (Å²) in [5.74, 6) is -0.0355. The van der Waals surface area contributed by atoms with Crippen LogP contribution in [0.1, 0.15) is 30.9 Å². The van der Waals surface area contributed by atoms with E-state index in [4.69, 9.17) is 21.8 Å². The highest BCUT2D eigenvalue weighted by atomic mass is 35.5. The first-order valence-corrected chi connectivity index (χ1v) is 9.40. The first-order chi connectivity index (χ1) is 13.4. The summed E-state index contributed by atoms with van der Waals surface area (Å²) in [7, 11) is 0. The Bertz CT molecular complexity index is 757. The molecule has 6 heteroatoms. The van der Waals surface area contributed by atoms with Gasteiger partial charge in [-0.25, -0.2) is 0 Å². The number of phenolic OH excluding ortho intramolecular Hbond substituents is 2. The average molecular weight is 403 g/mol. The topological polar surface area (TPSA) is 73.1 Å². The van der Waals surface area contributed by atoms with Crippen molar-refractivity contribution in [3.05, 3.63) is 64.8 Å². The number of aryl methyl sites for hydroxylation is 2. The Labute approximate surface area is 171 Å². The van der Waals surface area contributed by atoms with E-state index in [1.807, 2.05) is 50.5 Å². The minimum Gasteiger partial charge on any atom is -0.508 e. The summed E-state index contributed by atoms with van der Waals surface area (Å²) >= 11 is 5.52. The lowest BCUT2D eigenvalue weighted by Gasteiger charge is -2.16. The van der Waals surface area contributed by atoms with Crippen molar-refractivity contribution < 1.29 is 15.0 Å². The molecular formula is C22H27ClN2O3. The van der Waals surface area contributed by atoms with E-state index in [9.17, 15) is 4.79 Å². The van der Waals surface area contributed by atoms with E-state index in [1.165, 1.54) is 18.6 Å². The van der Waals surface area contributed by atoms with Crippen molar-refractivity contribution in [1.29, 1.82) is 0 Å². The number of para-hydroxylation sites is 1. The summed E-state index contributed by atoms with van der Waals surface area (Å²) in [5.41, 5.74) is 2.78. The summed E-state index contributed by atoms with van der Waals surface area (Å²) in [6, 6.07) is 10.6. The molecule has 1 heterocycles. The Morgan fingerprint density at radius 3 is 2.25 bits per heavy atom. The molecule has 5 nitrogen and oxygen atoms in total. The Morgan fingerprint density at radius 1 is 1.11 bits per heavy atom. The van der Waals surface area contributed by atoms with Crippen molar-refractivity contribution in [3.8, 4) is 11.5 Å². The highest BCUT2D eigenvalue weighted by Gasteiger charge is 2.03. The molecule has 0 bridgehead atoms. The number of anilines is 1. The number of rotatable bonds is 3. The first kappa shape index (κ1) is 23.2. The van der Waals surface area contributed by atoms with Crippen molar-refractivity contribution in [1.82, 2.24) is 0 Å². The molecule has 3 rings (SSSR count). The van der Waals surface area contributed by atoms with E-state index >= 15 is 0 Å². The molecule has 1 aliphatic rings. The number of hydrogen-bond acceptors (Lipinski definition) is 4. The monoisotopic (exact) mass is 402 g/mol. The second-order valence-corrected chi connectivity index (χ2v) is 6.47. The van der Waals surface area contributed by atoms with E-state index in [-0.39, 0.29) is 16.5 Å². The quantitative estimate of drug-likeness (QED) is 0.675. The van der Waals surface area contributed by atoms with Gasteiger partial charge in [0.05, 0.1) is 5.02 Å². The molecule has 2 aromatic carbocycles. The van der Waals surface area contributed by atoms with Gasteiger partial charge in [-0.3, -0.25) is 9.79 Å². The van der Waals surface area contributed by atoms with E-state index in [0.29, 0.717) is 12.1 Å². The number of phenols is 2. The minimum atomic E-state index is -0.0928. The van der Waals surface area contributed by atoms with Gasteiger partial charge in [-0.1, -0.05) is 35.9 Å². The van der Waals surface area contributed by atoms with Crippen LogP contribution in [0.2, 0.25) is 5.02 Å². The van der Waals surface area contributed by atoms with Crippen molar-refractivity contribution in [2.24, 2.45) is 4.99 Å². The van der Waals surface area contributed by atoms with Crippen molar-refractivity contribution in [2.75, 3.05) is 11.4 Å². The van der Waals surface area contributed by atoms with Crippen molar-refractivity contribution in [2.45, 2.75) is 33.6 Å². The lowest BCUT2D eigenvalue weighted by Crippen LogP contribution is -2.20.